The maximum Gasteiger partial charge on any atom is 0.239 e. The summed E-state index contributed by atoms with van der Waals surface area (Å²) in [5.41, 5.74) is 2.76. The Morgan fingerprint density at radius 2 is 2.00 bits per heavy atom. The van der Waals surface area contributed by atoms with Gasteiger partial charge in [-0.3, -0.25) is 9.59 Å². The number of carbonyl (C=O) groups is 2. The van der Waals surface area contributed by atoms with Gasteiger partial charge in [-0.05, 0) is 48.7 Å². The molecule has 124 valence electrons. The van der Waals surface area contributed by atoms with Crippen molar-refractivity contribution in [3.8, 4) is 0 Å². The molecule has 2 aromatic carbocycles. The summed E-state index contributed by atoms with van der Waals surface area (Å²) in [6.45, 7) is 2.64. The maximum atomic E-state index is 12.6. The largest absolute Gasteiger partial charge is 0.325 e. The van der Waals surface area contributed by atoms with Crippen LogP contribution in [0.1, 0.15) is 18.9 Å². The van der Waals surface area contributed by atoms with Crippen LogP contribution in [0, 0.1) is 5.92 Å². The zero-order valence-corrected chi connectivity index (χ0v) is 15.0. The normalized spacial score (nSPS) is 17.2. The van der Waals surface area contributed by atoms with E-state index in [0.29, 0.717) is 13.0 Å². The van der Waals surface area contributed by atoms with Crippen molar-refractivity contribution < 1.29 is 9.59 Å². The lowest BCUT2D eigenvalue weighted by atomic mass is 10.1. The Labute approximate surface area is 150 Å². The highest BCUT2D eigenvalue weighted by atomic mass is 79.9. The first kappa shape index (κ1) is 16.7. The minimum absolute atomic E-state index is 0.143. The minimum atomic E-state index is -0.630. The van der Waals surface area contributed by atoms with E-state index in [9.17, 15) is 9.59 Å². The number of nitrogens with zero attached hydrogens (tertiary/aromatic N) is 1. The van der Waals surface area contributed by atoms with Crippen LogP contribution < -0.4 is 10.2 Å². The number of aryl methyl sites for hydroxylation is 1. The van der Waals surface area contributed by atoms with Crippen molar-refractivity contribution in [3.63, 3.8) is 0 Å². The molecule has 3 rings (SSSR count). The first-order valence-corrected chi connectivity index (χ1v) is 8.84. The van der Waals surface area contributed by atoms with Crippen molar-refractivity contribution in [1.29, 1.82) is 0 Å². The summed E-state index contributed by atoms with van der Waals surface area (Å²) in [7, 11) is 0. The zero-order valence-electron chi connectivity index (χ0n) is 13.5. The van der Waals surface area contributed by atoms with Crippen molar-refractivity contribution >= 4 is 39.1 Å². The lowest BCUT2D eigenvalue weighted by Crippen LogP contribution is -2.33. The summed E-state index contributed by atoms with van der Waals surface area (Å²) in [5.74, 6) is -1.01. The van der Waals surface area contributed by atoms with Crippen LogP contribution >= 0.6 is 15.9 Å². The topological polar surface area (TPSA) is 49.4 Å². The molecule has 0 radical (unpaired) electrons. The van der Waals surface area contributed by atoms with Gasteiger partial charge in [-0.1, -0.05) is 41.1 Å². The van der Waals surface area contributed by atoms with E-state index in [2.05, 4.69) is 28.2 Å². The number of rotatable bonds is 4. The molecule has 1 N–H and O–H groups in total. The Balaban J connectivity index is 1.69. The summed E-state index contributed by atoms with van der Waals surface area (Å²) in [6, 6.07) is 15.3. The molecular formula is C19H19BrN2O2. The highest BCUT2D eigenvalue weighted by molar-refractivity contribution is 9.10. The van der Waals surface area contributed by atoms with E-state index in [1.807, 2.05) is 48.5 Å². The Morgan fingerprint density at radius 1 is 1.25 bits per heavy atom. The van der Waals surface area contributed by atoms with Gasteiger partial charge in [0.2, 0.25) is 11.8 Å². The third kappa shape index (κ3) is 3.51. The molecule has 0 bridgehead atoms. The molecule has 2 aromatic rings. The first-order valence-electron chi connectivity index (χ1n) is 8.05. The summed E-state index contributed by atoms with van der Waals surface area (Å²) >= 11 is 3.41. The molecule has 24 heavy (non-hydrogen) atoms. The fraction of sp³-hybridized carbons (Fsp3) is 0.263. The second kappa shape index (κ2) is 7.18. The maximum absolute atomic E-state index is 12.6. The number of nitrogens with one attached hydrogen (secondary N) is 1. The Hall–Kier alpha value is -2.14. The summed E-state index contributed by atoms with van der Waals surface area (Å²) in [6.07, 6.45) is 1.49. The predicted octanol–water partition coefficient (Wildman–Crippen LogP) is 4.00. The first-order chi connectivity index (χ1) is 11.6. The summed E-state index contributed by atoms with van der Waals surface area (Å²) in [4.78, 5) is 26.7. The monoisotopic (exact) mass is 386 g/mol. The molecule has 5 heteroatoms. The van der Waals surface area contributed by atoms with E-state index in [1.54, 1.807) is 4.90 Å². The van der Waals surface area contributed by atoms with Crippen molar-refractivity contribution in [2.75, 3.05) is 16.8 Å². The van der Waals surface area contributed by atoms with Crippen molar-refractivity contribution in [2.24, 2.45) is 5.92 Å². The van der Waals surface area contributed by atoms with Gasteiger partial charge in [0.05, 0.1) is 0 Å². The molecule has 0 saturated carbocycles. The summed E-state index contributed by atoms with van der Waals surface area (Å²) in [5, 5.41) is 2.85. The van der Waals surface area contributed by atoms with Crippen LogP contribution in [-0.4, -0.2) is 18.4 Å². The van der Waals surface area contributed by atoms with E-state index < -0.39 is 5.92 Å². The van der Waals surface area contributed by atoms with Crippen molar-refractivity contribution in [1.82, 2.24) is 0 Å². The zero-order chi connectivity index (χ0) is 17.1. The van der Waals surface area contributed by atoms with Gasteiger partial charge in [-0.2, -0.15) is 0 Å². The van der Waals surface area contributed by atoms with Gasteiger partial charge in [0.25, 0.3) is 0 Å². The van der Waals surface area contributed by atoms with Crippen LogP contribution in [0.15, 0.2) is 53.0 Å². The Bertz CT molecular complexity index is 758. The smallest absolute Gasteiger partial charge is 0.239 e. The molecule has 1 fully saturated rings. The standard InChI is InChI=1S/C19H19BrN2O2/c1-2-13-6-8-15(9-7-13)21-18(23)17-10-11-22(19(17)24)16-5-3-4-14(20)12-16/h3-9,12,17H,2,10-11H2,1H3,(H,21,23). The van der Waals surface area contributed by atoms with Gasteiger partial charge in [0.15, 0.2) is 0 Å². The Morgan fingerprint density at radius 3 is 2.67 bits per heavy atom. The lowest BCUT2D eigenvalue weighted by molar-refractivity contribution is -0.129. The van der Waals surface area contributed by atoms with Gasteiger partial charge < -0.3 is 10.2 Å². The molecule has 1 aliphatic heterocycles. The molecule has 4 nitrogen and oxygen atoms in total. The number of benzene rings is 2. The van der Waals surface area contributed by atoms with E-state index in [1.165, 1.54) is 5.56 Å². The second-order valence-corrected chi connectivity index (χ2v) is 6.77. The van der Waals surface area contributed by atoms with Crippen molar-refractivity contribution in [3.05, 3.63) is 58.6 Å². The van der Waals surface area contributed by atoms with Crippen LogP contribution in [0.3, 0.4) is 0 Å². The molecule has 1 saturated heterocycles. The number of halogens is 1. The van der Waals surface area contributed by atoms with Gasteiger partial charge >= 0.3 is 0 Å². The van der Waals surface area contributed by atoms with Gasteiger partial charge in [0, 0.05) is 22.4 Å². The van der Waals surface area contributed by atoms with Crippen LogP contribution in [-0.2, 0) is 16.0 Å². The number of hydrogen-bond donors (Lipinski definition) is 1. The highest BCUT2D eigenvalue weighted by Crippen LogP contribution is 2.28. The lowest BCUT2D eigenvalue weighted by Gasteiger charge is -2.17. The number of hydrogen-bond acceptors (Lipinski definition) is 2. The molecule has 0 spiro atoms. The summed E-state index contributed by atoms with van der Waals surface area (Å²) < 4.78 is 0.914. The predicted molar refractivity (Wildman–Crippen MR) is 99.1 cm³/mol. The molecule has 1 unspecified atom stereocenters. The average Bonchev–Trinajstić information content (AvgIpc) is 2.97. The van der Waals surface area contributed by atoms with E-state index >= 15 is 0 Å². The van der Waals surface area contributed by atoms with E-state index in [0.717, 1.165) is 22.3 Å². The second-order valence-electron chi connectivity index (χ2n) is 5.85. The molecular weight excluding hydrogens is 368 g/mol. The SMILES string of the molecule is CCc1ccc(NC(=O)C2CCN(c3cccc(Br)c3)C2=O)cc1. The van der Waals surface area contributed by atoms with Crippen molar-refractivity contribution in [2.45, 2.75) is 19.8 Å². The fourth-order valence-corrected chi connectivity index (χ4v) is 3.26. The van der Waals surface area contributed by atoms with Gasteiger partial charge in [-0.15, -0.1) is 0 Å². The molecule has 1 heterocycles. The molecule has 1 aliphatic rings. The quantitative estimate of drug-likeness (QED) is 0.807. The third-order valence-electron chi connectivity index (χ3n) is 4.27. The third-order valence-corrected chi connectivity index (χ3v) is 4.76. The van der Waals surface area contributed by atoms with E-state index in [-0.39, 0.29) is 11.8 Å². The van der Waals surface area contributed by atoms with Crippen LogP contribution in [0.25, 0.3) is 0 Å². The molecule has 1 atom stereocenters. The number of carbonyl (C=O) groups excluding carboxylic acids is 2. The molecule has 0 aromatic heterocycles. The average molecular weight is 387 g/mol. The molecule has 0 aliphatic carbocycles. The minimum Gasteiger partial charge on any atom is -0.325 e. The number of anilines is 2. The van der Waals surface area contributed by atoms with Crippen LogP contribution in [0.2, 0.25) is 0 Å². The molecule has 2 amide bonds. The fourth-order valence-electron chi connectivity index (χ4n) is 2.88. The highest BCUT2D eigenvalue weighted by Gasteiger charge is 2.37. The van der Waals surface area contributed by atoms with Gasteiger partial charge in [0.1, 0.15) is 5.92 Å². The Kier molecular flexibility index (Phi) is 5.00. The van der Waals surface area contributed by atoms with Crippen LogP contribution in [0.5, 0.6) is 0 Å². The number of amides is 2. The van der Waals surface area contributed by atoms with Gasteiger partial charge in [-0.25, -0.2) is 0 Å². The van der Waals surface area contributed by atoms with Crippen LogP contribution in [0.4, 0.5) is 11.4 Å². The van der Waals surface area contributed by atoms with E-state index in [4.69, 9.17) is 0 Å².